The molecule has 1 aromatic heterocycles. The van der Waals surface area contributed by atoms with Gasteiger partial charge in [-0.1, -0.05) is 0 Å². The first-order valence-electron chi connectivity index (χ1n) is 6.63. The Labute approximate surface area is 114 Å². The SMILES string of the molecule is Cc1n[nH]c(C)c1S(=O)(=O)NCCC1CCCCO1. The zero-order chi connectivity index (χ0) is 13.9. The molecule has 1 atom stereocenters. The Kier molecular flexibility index (Phi) is 4.59. The van der Waals surface area contributed by atoms with Crippen molar-refractivity contribution in [3.63, 3.8) is 0 Å². The Morgan fingerprint density at radius 1 is 1.42 bits per heavy atom. The van der Waals surface area contributed by atoms with Crippen molar-refractivity contribution in [1.82, 2.24) is 14.9 Å². The first kappa shape index (κ1) is 14.5. The molecule has 1 aliphatic rings. The van der Waals surface area contributed by atoms with Gasteiger partial charge in [0.25, 0.3) is 0 Å². The van der Waals surface area contributed by atoms with Crippen LogP contribution in [0.15, 0.2) is 4.90 Å². The highest BCUT2D eigenvalue weighted by Gasteiger charge is 2.22. The van der Waals surface area contributed by atoms with Gasteiger partial charge >= 0.3 is 0 Å². The molecule has 1 aliphatic heterocycles. The summed E-state index contributed by atoms with van der Waals surface area (Å²) >= 11 is 0. The van der Waals surface area contributed by atoms with Crippen molar-refractivity contribution < 1.29 is 13.2 Å². The average Bonchev–Trinajstić information content (AvgIpc) is 2.70. The van der Waals surface area contributed by atoms with Crippen LogP contribution in [0.4, 0.5) is 0 Å². The maximum Gasteiger partial charge on any atom is 0.244 e. The van der Waals surface area contributed by atoms with Crippen LogP contribution in [0.2, 0.25) is 0 Å². The lowest BCUT2D eigenvalue weighted by Gasteiger charge is -2.22. The summed E-state index contributed by atoms with van der Waals surface area (Å²) in [6, 6.07) is 0. The summed E-state index contributed by atoms with van der Waals surface area (Å²) in [6.07, 6.45) is 4.19. The Hall–Kier alpha value is -0.920. The Balaban J connectivity index is 1.91. The predicted molar refractivity (Wildman–Crippen MR) is 71.5 cm³/mol. The standard InChI is InChI=1S/C12H21N3O3S/c1-9-12(10(2)15-14-9)19(16,17)13-7-6-11-5-3-4-8-18-11/h11,13H,3-8H2,1-2H3,(H,14,15). The lowest BCUT2D eigenvalue weighted by molar-refractivity contribution is 0.0123. The van der Waals surface area contributed by atoms with Crippen molar-refractivity contribution in [2.24, 2.45) is 0 Å². The first-order chi connectivity index (χ1) is 9.00. The van der Waals surface area contributed by atoms with E-state index in [9.17, 15) is 8.42 Å². The summed E-state index contributed by atoms with van der Waals surface area (Å²) in [4.78, 5) is 0.261. The molecule has 0 saturated carbocycles. The third kappa shape index (κ3) is 3.55. The van der Waals surface area contributed by atoms with Crippen LogP contribution in [0.1, 0.15) is 37.1 Å². The molecule has 0 bridgehead atoms. The fourth-order valence-electron chi connectivity index (χ4n) is 2.40. The Bertz CT molecular complexity index is 499. The molecule has 0 radical (unpaired) electrons. The number of aryl methyl sites for hydroxylation is 2. The van der Waals surface area contributed by atoms with E-state index in [0.29, 0.717) is 17.9 Å². The van der Waals surface area contributed by atoms with Crippen molar-refractivity contribution in [3.8, 4) is 0 Å². The number of rotatable bonds is 5. The molecule has 6 nitrogen and oxygen atoms in total. The molecule has 0 amide bonds. The van der Waals surface area contributed by atoms with E-state index in [2.05, 4.69) is 14.9 Å². The first-order valence-corrected chi connectivity index (χ1v) is 8.12. The second-order valence-corrected chi connectivity index (χ2v) is 6.64. The van der Waals surface area contributed by atoms with Gasteiger partial charge in [0.1, 0.15) is 4.90 Å². The number of aromatic amines is 1. The minimum absolute atomic E-state index is 0.183. The molecule has 108 valence electrons. The smallest absolute Gasteiger partial charge is 0.244 e. The van der Waals surface area contributed by atoms with Crippen LogP contribution in [0.5, 0.6) is 0 Å². The highest BCUT2D eigenvalue weighted by Crippen LogP contribution is 2.18. The van der Waals surface area contributed by atoms with Gasteiger partial charge in [-0.15, -0.1) is 0 Å². The van der Waals surface area contributed by atoms with E-state index in [-0.39, 0.29) is 11.0 Å². The van der Waals surface area contributed by atoms with Crippen LogP contribution < -0.4 is 4.72 Å². The number of nitrogens with one attached hydrogen (secondary N) is 2. The molecule has 19 heavy (non-hydrogen) atoms. The average molecular weight is 287 g/mol. The molecule has 1 saturated heterocycles. The van der Waals surface area contributed by atoms with Gasteiger partial charge in [-0.05, 0) is 39.5 Å². The van der Waals surface area contributed by atoms with Gasteiger partial charge in [-0.2, -0.15) is 5.10 Å². The van der Waals surface area contributed by atoms with E-state index < -0.39 is 10.0 Å². The van der Waals surface area contributed by atoms with Crippen LogP contribution in [0, 0.1) is 13.8 Å². The third-order valence-electron chi connectivity index (χ3n) is 3.36. The molecule has 1 unspecified atom stereocenters. The summed E-state index contributed by atoms with van der Waals surface area (Å²) in [5.41, 5.74) is 1.07. The van der Waals surface area contributed by atoms with Crippen molar-refractivity contribution >= 4 is 10.0 Å². The molecular formula is C12H21N3O3S. The Morgan fingerprint density at radius 2 is 2.21 bits per heavy atom. The lowest BCUT2D eigenvalue weighted by atomic mass is 10.1. The summed E-state index contributed by atoms with van der Waals surface area (Å²) in [5.74, 6) is 0. The zero-order valence-corrected chi connectivity index (χ0v) is 12.2. The van der Waals surface area contributed by atoms with Crippen molar-refractivity contribution in [3.05, 3.63) is 11.4 Å². The minimum atomic E-state index is -3.48. The number of hydrogen-bond donors (Lipinski definition) is 2. The van der Waals surface area contributed by atoms with Gasteiger partial charge < -0.3 is 4.74 Å². The number of sulfonamides is 1. The third-order valence-corrected chi connectivity index (χ3v) is 5.08. The molecule has 1 aromatic rings. The molecule has 2 rings (SSSR count). The van der Waals surface area contributed by atoms with E-state index in [1.807, 2.05) is 0 Å². The highest BCUT2D eigenvalue weighted by molar-refractivity contribution is 7.89. The number of ether oxygens (including phenoxy) is 1. The molecular weight excluding hydrogens is 266 g/mol. The summed E-state index contributed by atoms with van der Waals surface area (Å²) in [6.45, 7) is 4.58. The summed E-state index contributed by atoms with van der Waals surface area (Å²) in [5, 5.41) is 6.60. The number of aromatic nitrogens is 2. The minimum Gasteiger partial charge on any atom is -0.378 e. The van der Waals surface area contributed by atoms with Gasteiger partial charge in [0.15, 0.2) is 0 Å². The van der Waals surface area contributed by atoms with Crippen LogP contribution >= 0.6 is 0 Å². The van der Waals surface area contributed by atoms with Crippen LogP contribution in [0.25, 0.3) is 0 Å². The summed E-state index contributed by atoms with van der Waals surface area (Å²) in [7, 11) is -3.48. The monoisotopic (exact) mass is 287 g/mol. The fourth-order valence-corrected chi connectivity index (χ4v) is 3.81. The maximum atomic E-state index is 12.2. The molecule has 0 spiro atoms. The van der Waals surface area contributed by atoms with Gasteiger partial charge in [0, 0.05) is 13.2 Å². The zero-order valence-electron chi connectivity index (χ0n) is 11.4. The molecule has 0 aromatic carbocycles. The van der Waals surface area contributed by atoms with E-state index in [1.165, 1.54) is 0 Å². The number of hydrogen-bond acceptors (Lipinski definition) is 4. The second kappa shape index (κ2) is 6.02. The lowest BCUT2D eigenvalue weighted by Crippen LogP contribution is -2.30. The molecule has 1 fully saturated rings. The van der Waals surface area contributed by atoms with Crippen LogP contribution in [-0.4, -0.2) is 37.9 Å². The molecule has 2 heterocycles. The number of nitrogens with zero attached hydrogens (tertiary/aromatic N) is 1. The van der Waals surface area contributed by atoms with Crippen molar-refractivity contribution in [1.29, 1.82) is 0 Å². The van der Waals surface area contributed by atoms with E-state index in [0.717, 1.165) is 32.3 Å². The van der Waals surface area contributed by atoms with Crippen molar-refractivity contribution in [2.45, 2.75) is 50.5 Å². The molecule has 7 heteroatoms. The van der Waals surface area contributed by atoms with Gasteiger partial charge in [-0.25, -0.2) is 13.1 Å². The van der Waals surface area contributed by atoms with Crippen molar-refractivity contribution in [2.75, 3.05) is 13.2 Å². The fraction of sp³-hybridized carbons (Fsp3) is 0.750. The van der Waals surface area contributed by atoms with E-state index in [4.69, 9.17) is 4.74 Å². The van der Waals surface area contributed by atoms with E-state index in [1.54, 1.807) is 13.8 Å². The Morgan fingerprint density at radius 3 is 2.79 bits per heavy atom. The van der Waals surface area contributed by atoms with Gasteiger partial charge in [0.2, 0.25) is 10.0 Å². The van der Waals surface area contributed by atoms with Gasteiger partial charge in [0.05, 0.1) is 17.5 Å². The molecule has 0 aliphatic carbocycles. The van der Waals surface area contributed by atoms with Crippen LogP contribution in [0.3, 0.4) is 0 Å². The maximum absolute atomic E-state index is 12.2. The second-order valence-electron chi connectivity index (χ2n) is 4.94. The highest BCUT2D eigenvalue weighted by atomic mass is 32.2. The predicted octanol–water partition coefficient (Wildman–Crippen LogP) is 1.26. The summed E-state index contributed by atoms with van der Waals surface area (Å²) < 4.78 is 32.5. The van der Waals surface area contributed by atoms with Crippen LogP contribution in [-0.2, 0) is 14.8 Å². The van der Waals surface area contributed by atoms with Gasteiger partial charge in [-0.3, -0.25) is 5.10 Å². The van der Waals surface area contributed by atoms with E-state index >= 15 is 0 Å². The topological polar surface area (TPSA) is 84.1 Å². The molecule has 2 N–H and O–H groups in total. The quantitative estimate of drug-likeness (QED) is 0.854. The normalized spacial score (nSPS) is 20.6. The number of H-pyrrole nitrogens is 1. The largest absolute Gasteiger partial charge is 0.378 e.